The van der Waals surface area contributed by atoms with Crippen molar-refractivity contribution in [3.8, 4) is 11.5 Å². The Morgan fingerprint density at radius 1 is 1.00 bits per heavy atom. The first-order valence-corrected chi connectivity index (χ1v) is 7.39. The van der Waals surface area contributed by atoms with Crippen LogP contribution in [0.15, 0.2) is 45.6 Å². The van der Waals surface area contributed by atoms with Crippen LogP contribution in [0.1, 0.15) is 19.3 Å². The summed E-state index contributed by atoms with van der Waals surface area (Å²) in [6, 6.07) is 10.8. The molecule has 106 valence electrons. The molecule has 1 aromatic carbocycles. The first kappa shape index (κ1) is 12.4. The summed E-state index contributed by atoms with van der Waals surface area (Å²) in [5.41, 5.74) is 3.39. The minimum absolute atomic E-state index is 0.0559. The molecule has 4 rings (SSSR count). The molecule has 0 bridgehead atoms. The van der Waals surface area contributed by atoms with E-state index in [4.69, 9.17) is 4.42 Å². The summed E-state index contributed by atoms with van der Waals surface area (Å²) >= 11 is 0. The summed E-state index contributed by atoms with van der Waals surface area (Å²) in [6.07, 6.45) is 3.79. The van der Waals surface area contributed by atoms with Gasteiger partial charge in [-0.05, 0) is 43.5 Å². The number of fused-ring (bicyclic) bond motifs is 2. The molecule has 1 aromatic rings. The molecule has 0 atom stereocenters. The van der Waals surface area contributed by atoms with E-state index >= 15 is 0 Å². The van der Waals surface area contributed by atoms with E-state index in [2.05, 4.69) is 16.0 Å². The minimum Gasteiger partial charge on any atom is -0.453 e. The molecule has 0 spiro atoms. The number of hydrogen-bond donors (Lipinski definition) is 0. The monoisotopic (exact) mass is 280 g/mol. The van der Waals surface area contributed by atoms with Crippen LogP contribution in [0, 0.1) is 0 Å². The molecule has 3 aliphatic rings. The predicted molar refractivity (Wildman–Crippen MR) is 83.0 cm³/mol. The second kappa shape index (κ2) is 4.88. The van der Waals surface area contributed by atoms with E-state index in [9.17, 15) is 4.79 Å². The Kier molecular flexibility index (Phi) is 2.88. The Morgan fingerprint density at radius 3 is 2.71 bits per heavy atom. The molecule has 0 unspecified atom stereocenters. The van der Waals surface area contributed by atoms with Gasteiger partial charge in [0, 0.05) is 30.9 Å². The molecule has 2 aliphatic heterocycles. The molecular formula is C17H16N2O2. The van der Waals surface area contributed by atoms with Crippen LogP contribution in [0.4, 0.5) is 5.69 Å². The van der Waals surface area contributed by atoms with Crippen LogP contribution < -0.4 is 10.3 Å². The molecule has 1 aliphatic carbocycles. The maximum Gasteiger partial charge on any atom is 0.182 e. The van der Waals surface area contributed by atoms with Crippen molar-refractivity contribution in [3.05, 3.63) is 46.6 Å². The summed E-state index contributed by atoms with van der Waals surface area (Å²) in [7, 11) is 0. The van der Waals surface area contributed by atoms with Crippen LogP contribution >= 0.6 is 0 Å². The fraction of sp³-hybridized carbons (Fsp3) is 0.294. The van der Waals surface area contributed by atoms with Gasteiger partial charge in [0.25, 0.3) is 0 Å². The maximum absolute atomic E-state index is 11.4. The molecular weight excluding hydrogens is 264 g/mol. The quantitative estimate of drug-likeness (QED) is 0.642. The molecule has 4 heteroatoms. The van der Waals surface area contributed by atoms with Gasteiger partial charge in [-0.15, -0.1) is 0 Å². The normalized spacial score (nSPS) is 15.7. The maximum atomic E-state index is 11.4. The summed E-state index contributed by atoms with van der Waals surface area (Å²) < 4.78 is 5.87. The summed E-state index contributed by atoms with van der Waals surface area (Å²) in [6.45, 7) is 2.19. The second-order valence-corrected chi connectivity index (χ2v) is 5.54. The van der Waals surface area contributed by atoms with Gasteiger partial charge in [0.2, 0.25) is 0 Å². The van der Waals surface area contributed by atoms with Crippen molar-refractivity contribution in [1.82, 2.24) is 4.98 Å². The highest BCUT2D eigenvalue weighted by atomic mass is 16.3. The van der Waals surface area contributed by atoms with Crippen molar-refractivity contribution in [2.24, 2.45) is 0 Å². The highest BCUT2D eigenvalue weighted by molar-refractivity contribution is 5.80. The topological polar surface area (TPSA) is 46.3 Å². The van der Waals surface area contributed by atoms with Crippen molar-refractivity contribution in [1.29, 1.82) is 0 Å². The standard InChI is InChI=1S/C17H16N2O2/c20-13-5-7-15-17(11-13)21-16-10-12(4-6-14(16)18-15)19-8-2-1-3-9-19/h4-7,10-11H,1-3,8-9H2. The van der Waals surface area contributed by atoms with Crippen LogP contribution in [-0.2, 0) is 0 Å². The summed E-state index contributed by atoms with van der Waals surface area (Å²) in [4.78, 5) is 18.4. The Bertz CT molecular complexity index is 819. The van der Waals surface area contributed by atoms with Gasteiger partial charge in [-0.3, -0.25) is 4.79 Å². The average Bonchev–Trinajstić information content (AvgIpc) is 2.53. The van der Waals surface area contributed by atoms with Crippen molar-refractivity contribution < 1.29 is 4.42 Å². The van der Waals surface area contributed by atoms with Gasteiger partial charge in [0.05, 0.1) is 0 Å². The SMILES string of the molecule is O=c1ccc2nc3ccc(N4CCCCC4)cc3oc-2c1. The largest absolute Gasteiger partial charge is 0.453 e. The first-order chi connectivity index (χ1) is 10.3. The molecule has 0 amide bonds. The number of piperidine rings is 1. The van der Waals surface area contributed by atoms with E-state index in [1.807, 2.05) is 12.1 Å². The van der Waals surface area contributed by atoms with Crippen molar-refractivity contribution in [2.45, 2.75) is 19.3 Å². The Balaban J connectivity index is 1.84. The predicted octanol–water partition coefficient (Wildman–Crippen LogP) is 3.28. The Hall–Kier alpha value is -2.36. The second-order valence-electron chi connectivity index (χ2n) is 5.54. The lowest BCUT2D eigenvalue weighted by Gasteiger charge is -2.28. The lowest BCUT2D eigenvalue weighted by Crippen LogP contribution is -2.29. The zero-order valence-electron chi connectivity index (χ0n) is 11.7. The summed E-state index contributed by atoms with van der Waals surface area (Å²) in [5, 5.41) is 0. The fourth-order valence-electron chi connectivity index (χ4n) is 2.94. The number of rotatable bonds is 1. The highest BCUT2D eigenvalue weighted by Gasteiger charge is 2.14. The first-order valence-electron chi connectivity index (χ1n) is 7.39. The minimum atomic E-state index is -0.0559. The van der Waals surface area contributed by atoms with Crippen molar-refractivity contribution in [2.75, 3.05) is 18.0 Å². The third kappa shape index (κ3) is 2.27. The Labute approximate surface area is 122 Å². The van der Waals surface area contributed by atoms with E-state index < -0.39 is 0 Å². The molecule has 2 heterocycles. The molecule has 0 radical (unpaired) electrons. The fourth-order valence-corrected chi connectivity index (χ4v) is 2.94. The van der Waals surface area contributed by atoms with Crippen molar-refractivity contribution in [3.63, 3.8) is 0 Å². The zero-order chi connectivity index (χ0) is 14.2. The van der Waals surface area contributed by atoms with E-state index in [-0.39, 0.29) is 5.43 Å². The highest BCUT2D eigenvalue weighted by Crippen LogP contribution is 2.28. The average molecular weight is 280 g/mol. The van der Waals surface area contributed by atoms with E-state index in [0.29, 0.717) is 11.5 Å². The van der Waals surface area contributed by atoms with E-state index in [0.717, 1.165) is 24.2 Å². The number of hydrogen-bond acceptors (Lipinski definition) is 4. The number of benzene rings is 2. The zero-order valence-corrected chi connectivity index (χ0v) is 11.7. The Morgan fingerprint density at radius 2 is 1.86 bits per heavy atom. The molecule has 0 aromatic heterocycles. The molecule has 0 N–H and O–H groups in total. The van der Waals surface area contributed by atoms with Gasteiger partial charge in [0.1, 0.15) is 11.2 Å². The summed E-state index contributed by atoms with van der Waals surface area (Å²) in [5.74, 6) is 0.547. The van der Waals surface area contributed by atoms with Gasteiger partial charge in [-0.2, -0.15) is 0 Å². The number of anilines is 1. The van der Waals surface area contributed by atoms with Crippen LogP contribution in [0.2, 0.25) is 0 Å². The molecule has 0 saturated carbocycles. The van der Waals surface area contributed by atoms with Gasteiger partial charge >= 0.3 is 0 Å². The van der Waals surface area contributed by atoms with Crippen LogP contribution in [0.3, 0.4) is 0 Å². The van der Waals surface area contributed by atoms with E-state index in [1.165, 1.54) is 37.1 Å². The van der Waals surface area contributed by atoms with Gasteiger partial charge in [0.15, 0.2) is 16.8 Å². The third-order valence-corrected chi connectivity index (χ3v) is 4.06. The third-order valence-electron chi connectivity index (χ3n) is 4.06. The van der Waals surface area contributed by atoms with Crippen LogP contribution in [0.25, 0.3) is 22.6 Å². The lowest BCUT2D eigenvalue weighted by atomic mass is 10.1. The van der Waals surface area contributed by atoms with E-state index in [1.54, 1.807) is 6.07 Å². The molecule has 4 nitrogen and oxygen atoms in total. The molecule has 1 fully saturated rings. The smallest absolute Gasteiger partial charge is 0.182 e. The number of aromatic nitrogens is 1. The number of nitrogens with zero attached hydrogens (tertiary/aromatic N) is 2. The molecule has 21 heavy (non-hydrogen) atoms. The lowest BCUT2D eigenvalue weighted by molar-refractivity contribution is 0.576. The van der Waals surface area contributed by atoms with Gasteiger partial charge in [-0.1, -0.05) is 0 Å². The van der Waals surface area contributed by atoms with Gasteiger partial charge in [-0.25, -0.2) is 4.98 Å². The van der Waals surface area contributed by atoms with Crippen LogP contribution in [-0.4, -0.2) is 18.1 Å². The molecule has 1 saturated heterocycles. The van der Waals surface area contributed by atoms with Gasteiger partial charge < -0.3 is 9.32 Å². The van der Waals surface area contributed by atoms with Crippen LogP contribution in [0.5, 0.6) is 0 Å². The van der Waals surface area contributed by atoms with Crippen molar-refractivity contribution >= 4 is 16.8 Å².